The van der Waals surface area contributed by atoms with Crippen LogP contribution in [0.1, 0.15) is 36.0 Å². The summed E-state index contributed by atoms with van der Waals surface area (Å²) in [5.74, 6) is 0.252. The number of nitrogens with zero attached hydrogens (tertiary/aromatic N) is 2. The predicted octanol–water partition coefficient (Wildman–Crippen LogP) is 3.75. The summed E-state index contributed by atoms with van der Waals surface area (Å²) in [5, 5.41) is 17.3. The molecule has 1 saturated heterocycles. The minimum Gasteiger partial charge on any atom is -0.477 e. The van der Waals surface area contributed by atoms with Crippen LogP contribution < -0.4 is 5.32 Å². The fourth-order valence-electron chi connectivity index (χ4n) is 3.59. The first-order valence-corrected chi connectivity index (χ1v) is 9.92. The average molecular weight is 404 g/mol. The van der Waals surface area contributed by atoms with Crippen molar-refractivity contribution < 1.29 is 19.2 Å². The van der Waals surface area contributed by atoms with Crippen molar-refractivity contribution in [2.75, 3.05) is 25.0 Å². The Balaban J connectivity index is 1.39. The summed E-state index contributed by atoms with van der Waals surface area (Å²) in [5.41, 5.74) is 0.623. The smallest absolute Gasteiger partial charge is 0.343 e. The molecule has 0 unspecified atom stereocenters. The fourth-order valence-corrected chi connectivity index (χ4v) is 3.72. The van der Waals surface area contributed by atoms with Gasteiger partial charge in [0.05, 0.1) is 0 Å². The lowest BCUT2D eigenvalue weighted by atomic mass is 9.96. The van der Waals surface area contributed by atoms with Crippen LogP contribution in [0.4, 0.5) is 5.82 Å². The van der Waals surface area contributed by atoms with Crippen LogP contribution in [-0.4, -0.2) is 46.7 Å². The van der Waals surface area contributed by atoms with Gasteiger partial charge >= 0.3 is 5.97 Å². The highest BCUT2D eigenvalue weighted by molar-refractivity contribution is 6.30. The normalized spacial score (nSPS) is 17.5. The molecule has 1 aromatic heterocycles. The van der Waals surface area contributed by atoms with Gasteiger partial charge in [-0.25, -0.2) is 4.79 Å². The summed E-state index contributed by atoms with van der Waals surface area (Å²) < 4.78 is 5.32. The van der Waals surface area contributed by atoms with E-state index in [1.54, 1.807) is 24.3 Å². The van der Waals surface area contributed by atoms with Crippen molar-refractivity contribution in [1.29, 1.82) is 0 Å². The number of aromatic carboxylic acids is 1. The summed E-state index contributed by atoms with van der Waals surface area (Å²) in [6, 6.07) is 6.75. The third-order valence-corrected chi connectivity index (χ3v) is 5.68. The topological polar surface area (TPSA) is 95.7 Å². The number of hydrogen-bond acceptors (Lipinski definition) is 5. The average Bonchev–Trinajstić information content (AvgIpc) is 3.46. The van der Waals surface area contributed by atoms with E-state index in [2.05, 4.69) is 10.5 Å². The number of anilines is 1. The molecule has 2 N–H and O–H groups in total. The van der Waals surface area contributed by atoms with Crippen molar-refractivity contribution in [2.45, 2.75) is 25.7 Å². The van der Waals surface area contributed by atoms with E-state index < -0.39 is 5.97 Å². The van der Waals surface area contributed by atoms with Crippen LogP contribution >= 0.6 is 11.6 Å². The molecule has 2 aromatic rings. The molecule has 0 spiro atoms. The third-order valence-electron chi connectivity index (χ3n) is 5.42. The Bertz CT molecular complexity index is 868. The van der Waals surface area contributed by atoms with Crippen molar-refractivity contribution in [3.05, 3.63) is 34.9 Å². The number of amides is 1. The van der Waals surface area contributed by atoms with E-state index in [-0.39, 0.29) is 23.1 Å². The lowest BCUT2D eigenvalue weighted by molar-refractivity contribution is -0.133. The molecule has 2 fully saturated rings. The molecule has 7 nitrogen and oxygen atoms in total. The lowest BCUT2D eigenvalue weighted by Crippen LogP contribution is -2.40. The summed E-state index contributed by atoms with van der Waals surface area (Å²) in [6.45, 7) is 2.13. The number of rotatable bonds is 6. The van der Waals surface area contributed by atoms with Gasteiger partial charge < -0.3 is 19.8 Å². The van der Waals surface area contributed by atoms with Crippen LogP contribution in [0.15, 0.2) is 28.8 Å². The molecule has 1 aliphatic carbocycles. The number of halogens is 1. The second-order valence-electron chi connectivity index (χ2n) is 7.47. The van der Waals surface area contributed by atoms with E-state index >= 15 is 0 Å². The maximum atomic E-state index is 12.1. The van der Waals surface area contributed by atoms with Gasteiger partial charge in [0.15, 0.2) is 17.1 Å². The van der Waals surface area contributed by atoms with E-state index in [0.29, 0.717) is 29.0 Å². The summed E-state index contributed by atoms with van der Waals surface area (Å²) in [7, 11) is 0. The van der Waals surface area contributed by atoms with Crippen molar-refractivity contribution in [2.24, 2.45) is 11.8 Å². The van der Waals surface area contributed by atoms with E-state index in [0.717, 1.165) is 38.8 Å². The number of carbonyl (C=O) groups is 2. The first-order chi connectivity index (χ1) is 13.5. The Hall–Kier alpha value is -2.54. The van der Waals surface area contributed by atoms with Gasteiger partial charge in [0.25, 0.3) is 0 Å². The van der Waals surface area contributed by atoms with Gasteiger partial charge in [0.1, 0.15) is 0 Å². The van der Waals surface area contributed by atoms with Gasteiger partial charge in [0, 0.05) is 36.1 Å². The van der Waals surface area contributed by atoms with Crippen molar-refractivity contribution in [3.8, 4) is 11.3 Å². The highest BCUT2D eigenvalue weighted by Gasteiger charge is 2.35. The van der Waals surface area contributed by atoms with Gasteiger partial charge in [-0.2, -0.15) is 0 Å². The predicted molar refractivity (Wildman–Crippen MR) is 104 cm³/mol. The summed E-state index contributed by atoms with van der Waals surface area (Å²) in [6.07, 6.45) is 3.85. The fraction of sp³-hybridized carbons (Fsp3) is 0.450. The number of nitrogens with one attached hydrogen (secondary N) is 1. The Labute approximate surface area is 167 Å². The van der Waals surface area contributed by atoms with E-state index in [1.165, 1.54) is 0 Å². The Morgan fingerprint density at radius 1 is 1.18 bits per heavy atom. The maximum absolute atomic E-state index is 12.1. The number of carboxylic acids is 1. The van der Waals surface area contributed by atoms with Gasteiger partial charge in [-0.05, 0) is 55.9 Å². The molecule has 1 aromatic carbocycles. The van der Waals surface area contributed by atoms with Crippen LogP contribution in [0.2, 0.25) is 5.02 Å². The van der Waals surface area contributed by atoms with Crippen LogP contribution in [0.5, 0.6) is 0 Å². The molecule has 148 valence electrons. The van der Waals surface area contributed by atoms with Crippen LogP contribution in [0, 0.1) is 11.8 Å². The van der Waals surface area contributed by atoms with E-state index in [4.69, 9.17) is 16.1 Å². The Kier molecular flexibility index (Phi) is 5.26. The summed E-state index contributed by atoms with van der Waals surface area (Å²) in [4.78, 5) is 25.9. The molecular formula is C20H22ClN3O4. The van der Waals surface area contributed by atoms with Gasteiger partial charge in [-0.1, -0.05) is 16.8 Å². The number of aromatic nitrogens is 1. The third kappa shape index (κ3) is 3.99. The zero-order valence-electron chi connectivity index (χ0n) is 15.4. The highest BCUT2D eigenvalue weighted by atomic mass is 35.5. The monoisotopic (exact) mass is 403 g/mol. The molecule has 28 heavy (non-hydrogen) atoms. The van der Waals surface area contributed by atoms with Crippen molar-refractivity contribution >= 4 is 29.3 Å². The van der Waals surface area contributed by atoms with E-state index in [9.17, 15) is 14.7 Å². The molecule has 0 bridgehead atoms. The molecule has 1 saturated carbocycles. The Morgan fingerprint density at radius 3 is 2.46 bits per heavy atom. The number of hydrogen-bond donors (Lipinski definition) is 2. The van der Waals surface area contributed by atoms with Crippen molar-refractivity contribution in [3.63, 3.8) is 0 Å². The SMILES string of the molecule is O=C(O)c1c(NCC2CCN(C(=O)C3CC3)CC2)noc1-c1ccc(Cl)cc1. The van der Waals surface area contributed by atoms with Crippen molar-refractivity contribution in [1.82, 2.24) is 10.1 Å². The number of piperidine rings is 1. The Morgan fingerprint density at radius 2 is 1.86 bits per heavy atom. The highest BCUT2D eigenvalue weighted by Crippen LogP contribution is 2.33. The van der Waals surface area contributed by atoms with Crippen LogP contribution in [0.3, 0.4) is 0 Å². The molecule has 2 heterocycles. The quantitative estimate of drug-likeness (QED) is 0.762. The maximum Gasteiger partial charge on any atom is 0.343 e. The number of carboxylic acid groups (broad SMARTS) is 1. The zero-order chi connectivity index (χ0) is 19.7. The molecule has 0 atom stereocenters. The molecule has 2 aliphatic rings. The lowest BCUT2D eigenvalue weighted by Gasteiger charge is -2.32. The zero-order valence-corrected chi connectivity index (χ0v) is 16.1. The molecule has 0 radical (unpaired) electrons. The van der Waals surface area contributed by atoms with Crippen LogP contribution in [0.25, 0.3) is 11.3 Å². The van der Waals surface area contributed by atoms with Gasteiger partial charge in [-0.3, -0.25) is 4.79 Å². The first kappa shape index (κ1) is 18.8. The molecule has 1 amide bonds. The molecule has 1 aliphatic heterocycles. The second-order valence-corrected chi connectivity index (χ2v) is 7.91. The van der Waals surface area contributed by atoms with E-state index in [1.807, 2.05) is 4.90 Å². The second kappa shape index (κ2) is 7.83. The molecule has 4 rings (SSSR count). The summed E-state index contributed by atoms with van der Waals surface area (Å²) >= 11 is 5.89. The first-order valence-electron chi connectivity index (χ1n) is 9.54. The van der Waals surface area contributed by atoms with Gasteiger partial charge in [0.2, 0.25) is 5.91 Å². The van der Waals surface area contributed by atoms with Crippen LogP contribution in [-0.2, 0) is 4.79 Å². The number of benzene rings is 1. The number of carbonyl (C=O) groups excluding carboxylic acids is 1. The van der Waals surface area contributed by atoms with Gasteiger partial charge in [-0.15, -0.1) is 0 Å². The molecule has 8 heteroatoms. The number of likely N-dealkylation sites (tertiary alicyclic amines) is 1. The minimum absolute atomic E-state index is 0.0173. The standard InChI is InChI=1S/C20H22ClN3O4/c21-15-5-3-13(4-6-15)17-16(20(26)27)18(23-28-17)22-11-12-7-9-24(10-8-12)19(25)14-1-2-14/h3-6,12,14H,1-2,7-11H2,(H,22,23)(H,26,27). The largest absolute Gasteiger partial charge is 0.477 e. The molecular weight excluding hydrogens is 382 g/mol. The minimum atomic E-state index is -1.10.